The molecule has 0 unspecified atom stereocenters. The van der Waals surface area contributed by atoms with E-state index in [-0.39, 0.29) is 51.7 Å². The maximum Gasteiger partial charge on any atom is 2.00 e. The third kappa shape index (κ3) is 13.1. The van der Waals surface area contributed by atoms with Crippen molar-refractivity contribution in [2.75, 3.05) is 0 Å². The van der Waals surface area contributed by atoms with Gasteiger partial charge in [0, 0.05) is 0 Å². The molecule has 0 aromatic heterocycles. The minimum Gasteiger partial charge on any atom is -1.00 e. The van der Waals surface area contributed by atoms with Gasteiger partial charge in [0.1, 0.15) is 11.1 Å². The van der Waals surface area contributed by atoms with Crippen LogP contribution in [0.2, 0.25) is 0 Å². The molecule has 0 aromatic rings. The van der Waals surface area contributed by atoms with Crippen LogP contribution in [-0.2, 0) is 0 Å². The summed E-state index contributed by atoms with van der Waals surface area (Å²) in [6.45, 7) is 0. The van der Waals surface area contributed by atoms with E-state index in [1.807, 2.05) is 4.91 Å². The topological polar surface area (TPSA) is 61.8 Å². The minimum absolute atomic E-state index is 0. The molecule has 0 bridgehead atoms. The van der Waals surface area contributed by atoms with Gasteiger partial charge in [-0.2, -0.15) is 0 Å². The second-order valence-corrected chi connectivity index (χ2v) is 0.112. The number of hydrogen-bond donors (Lipinski definition) is 2. The Morgan fingerprint density at radius 3 is 1.50 bits per heavy atom. The fourth-order valence-electron chi connectivity index (χ4n) is 0. The van der Waals surface area contributed by atoms with Crippen molar-refractivity contribution in [1.29, 1.82) is 11.1 Å². The molecular formula is H4BaN3+. The molecule has 0 aromatic carbocycles. The Balaban J connectivity index is -0.00000000667. The van der Waals surface area contributed by atoms with Crippen LogP contribution in [0, 0.1) is 11.1 Å². The van der Waals surface area contributed by atoms with Crippen molar-refractivity contribution in [3.8, 4) is 0 Å². The summed E-state index contributed by atoms with van der Waals surface area (Å²) in [5, 5.41) is 0. The summed E-state index contributed by atoms with van der Waals surface area (Å²) < 4.78 is 0. The molecule has 0 aliphatic carbocycles. The SMILES string of the molecule is N=[N+]=N.[Ba+2].[H-].[H-]. The molecule has 2 N–H and O–H groups in total. The van der Waals surface area contributed by atoms with Gasteiger partial charge in [-0.15, -0.1) is 0 Å². The molecule has 0 amide bonds. The largest absolute Gasteiger partial charge is 2.00 e. The summed E-state index contributed by atoms with van der Waals surface area (Å²) in [7, 11) is 0. The maximum absolute atomic E-state index is 5.50. The van der Waals surface area contributed by atoms with Gasteiger partial charge < -0.3 is 2.85 Å². The van der Waals surface area contributed by atoms with Gasteiger partial charge in [0.05, 0.1) is 0 Å². The van der Waals surface area contributed by atoms with E-state index < -0.39 is 0 Å². The molecule has 0 aliphatic heterocycles. The predicted octanol–water partition coefficient (Wildman–Crippen LogP) is -0.0403. The van der Waals surface area contributed by atoms with Gasteiger partial charge in [0.25, 0.3) is 0 Å². The van der Waals surface area contributed by atoms with E-state index in [0.717, 1.165) is 0 Å². The zero-order valence-electron chi connectivity index (χ0n) is 4.15. The van der Waals surface area contributed by atoms with E-state index in [9.17, 15) is 0 Å². The Morgan fingerprint density at radius 2 is 1.50 bits per heavy atom. The fraction of sp³-hybridized carbons (Fsp3) is 0. The van der Waals surface area contributed by atoms with Crippen LogP contribution in [0.25, 0.3) is 0 Å². The minimum atomic E-state index is 0. The van der Waals surface area contributed by atoms with Crippen LogP contribution in [0.15, 0.2) is 0 Å². The van der Waals surface area contributed by atoms with E-state index in [2.05, 4.69) is 0 Å². The molecule has 4 heteroatoms. The van der Waals surface area contributed by atoms with Crippen LogP contribution in [-0.4, -0.2) is 48.9 Å². The van der Waals surface area contributed by atoms with Gasteiger partial charge in [0.2, 0.25) is 4.91 Å². The van der Waals surface area contributed by atoms with Crippen molar-refractivity contribution in [1.82, 2.24) is 4.91 Å². The summed E-state index contributed by atoms with van der Waals surface area (Å²) in [5.41, 5.74) is 11.0. The van der Waals surface area contributed by atoms with Crippen molar-refractivity contribution < 1.29 is 2.85 Å². The Labute approximate surface area is 66.8 Å². The molecule has 3 nitrogen and oxygen atoms in total. The van der Waals surface area contributed by atoms with Gasteiger partial charge in [-0.05, 0) is 0 Å². The van der Waals surface area contributed by atoms with Crippen LogP contribution in [0.3, 0.4) is 0 Å². The number of rotatable bonds is 0. The first-order chi connectivity index (χ1) is 1.41. The average molecular weight is 183 g/mol. The van der Waals surface area contributed by atoms with E-state index >= 15 is 0 Å². The van der Waals surface area contributed by atoms with Gasteiger partial charge >= 0.3 is 48.9 Å². The molecule has 0 saturated heterocycles. The number of nitrogens with one attached hydrogen (secondary N) is 2. The van der Waals surface area contributed by atoms with Gasteiger partial charge in [-0.3, -0.25) is 0 Å². The molecule has 20 valence electrons. The van der Waals surface area contributed by atoms with Crippen molar-refractivity contribution in [2.24, 2.45) is 0 Å². The molecular weight excluding hydrogens is 179 g/mol. The van der Waals surface area contributed by atoms with Gasteiger partial charge in [-0.1, -0.05) is 0 Å². The molecule has 0 heterocycles. The summed E-state index contributed by atoms with van der Waals surface area (Å²) in [4.78, 5) is 2.00. The van der Waals surface area contributed by atoms with Gasteiger partial charge in [-0.25, -0.2) is 0 Å². The van der Waals surface area contributed by atoms with Crippen molar-refractivity contribution >= 4 is 48.9 Å². The van der Waals surface area contributed by atoms with Gasteiger partial charge in [0.15, 0.2) is 0 Å². The molecule has 0 fully saturated rings. The average Bonchev–Trinajstić information content (AvgIpc) is 0.918. The van der Waals surface area contributed by atoms with Crippen LogP contribution < -0.4 is 4.91 Å². The zero-order chi connectivity index (χ0) is 2.71. The molecule has 0 rings (SSSR count). The first-order valence-electron chi connectivity index (χ1n) is 0.447. The van der Waals surface area contributed by atoms with Crippen molar-refractivity contribution in [2.45, 2.75) is 0 Å². The van der Waals surface area contributed by atoms with Crippen LogP contribution >= 0.6 is 0 Å². The summed E-state index contributed by atoms with van der Waals surface area (Å²) in [6.07, 6.45) is 0. The Morgan fingerprint density at radius 1 is 1.50 bits per heavy atom. The molecule has 0 spiro atoms. The smallest absolute Gasteiger partial charge is 1.00 e. The molecule has 0 saturated carbocycles. The number of nitrogens with zero attached hydrogens (tertiary/aromatic N) is 1. The maximum atomic E-state index is 5.50. The summed E-state index contributed by atoms with van der Waals surface area (Å²) >= 11 is 0. The molecule has 4 heavy (non-hydrogen) atoms. The van der Waals surface area contributed by atoms with E-state index in [4.69, 9.17) is 11.1 Å². The summed E-state index contributed by atoms with van der Waals surface area (Å²) in [5.74, 6) is 0. The third-order valence-corrected chi connectivity index (χ3v) is 0. The number of hydrogen-bond acceptors (Lipinski definition) is 2. The van der Waals surface area contributed by atoms with Crippen LogP contribution in [0.5, 0.6) is 0 Å². The third-order valence-electron chi connectivity index (χ3n) is 0. The standard InChI is InChI=1S/Ba.H2N3.2H/c;1-3-2;;/h;1-2H;;/q+2;+1;2*-1. The second kappa shape index (κ2) is 9.10. The van der Waals surface area contributed by atoms with Crippen LogP contribution in [0.1, 0.15) is 2.85 Å². The second-order valence-electron chi connectivity index (χ2n) is 0.112. The first-order valence-corrected chi connectivity index (χ1v) is 0.447. The molecule has 0 radical (unpaired) electrons. The van der Waals surface area contributed by atoms with E-state index in [1.165, 1.54) is 0 Å². The van der Waals surface area contributed by atoms with E-state index in [1.54, 1.807) is 0 Å². The first kappa shape index (κ1) is 8.86. The normalized spacial score (nSPS) is 2.00. The van der Waals surface area contributed by atoms with E-state index in [0.29, 0.717) is 0 Å². The van der Waals surface area contributed by atoms with Crippen molar-refractivity contribution in [3.63, 3.8) is 0 Å². The zero-order valence-corrected chi connectivity index (χ0v) is 6.60. The molecule has 0 aliphatic rings. The Kier molecular flexibility index (Phi) is 20.2. The van der Waals surface area contributed by atoms with Crippen molar-refractivity contribution in [3.05, 3.63) is 0 Å². The Bertz CT molecular complexity index is 29.8. The monoisotopic (exact) mass is 184 g/mol. The van der Waals surface area contributed by atoms with Crippen LogP contribution in [0.4, 0.5) is 0 Å². The predicted molar refractivity (Wildman–Crippen MR) is 15.6 cm³/mol. The quantitative estimate of drug-likeness (QED) is 0.301. The molecule has 0 atom stereocenters. The fourth-order valence-corrected chi connectivity index (χ4v) is 0. The Hall–Kier alpha value is 0.881. The summed E-state index contributed by atoms with van der Waals surface area (Å²) in [6, 6.07) is 0.